The van der Waals surface area contributed by atoms with Gasteiger partial charge in [-0.3, -0.25) is 0 Å². The maximum atomic E-state index is 14.8. The molecule has 0 spiro atoms. The Balaban J connectivity index is 1.54. The number of benzene rings is 2. The fraction of sp³-hybridized carbons (Fsp3) is 0.440. The monoisotopic (exact) mass is 402 g/mol. The predicted octanol–water partition coefficient (Wildman–Crippen LogP) is 7.54. The van der Waals surface area contributed by atoms with Gasteiger partial charge in [0.15, 0.2) is 17.5 Å². The Morgan fingerprint density at radius 2 is 1.52 bits per heavy atom. The summed E-state index contributed by atoms with van der Waals surface area (Å²) < 4.78 is 55.2. The standard InChI is InChI=1S/C25H26F4/c1-2-3-15-4-6-16(7-5-15)17-8-9-18-11-21(22(26)12-19(18)10-17)20-13-23(27)25(29)24(28)14-20/h8,11-16H,2-7,9-10H2,1H3. The molecule has 0 bridgehead atoms. The summed E-state index contributed by atoms with van der Waals surface area (Å²) in [6, 6.07) is 4.84. The topological polar surface area (TPSA) is 0 Å². The van der Waals surface area contributed by atoms with Crippen LogP contribution in [0.15, 0.2) is 35.9 Å². The molecule has 0 nitrogen and oxygen atoms in total. The maximum absolute atomic E-state index is 14.8. The molecule has 0 atom stereocenters. The molecular formula is C25H26F4. The molecule has 0 N–H and O–H groups in total. The van der Waals surface area contributed by atoms with Crippen molar-refractivity contribution in [3.05, 3.63) is 70.3 Å². The predicted molar refractivity (Wildman–Crippen MR) is 108 cm³/mol. The van der Waals surface area contributed by atoms with Crippen LogP contribution in [-0.2, 0) is 12.8 Å². The van der Waals surface area contributed by atoms with Gasteiger partial charge in [-0.2, -0.15) is 0 Å². The molecule has 2 aromatic carbocycles. The van der Waals surface area contributed by atoms with Gasteiger partial charge in [-0.05, 0) is 91.3 Å². The molecule has 154 valence electrons. The normalized spacial score (nSPS) is 21.6. The highest BCUT2D eigenvalue weighted by atomic mass is 19.2. The van der Waals surface area contributed by atoms with Crippen molar-refractivity contribution in [1.82, 2.24) is 0 Å². The van der Waals surface area contributed by atoms with Gasteiger partial charge in [-0.1, -0.05) is 31.4 Å². The van der Waals surface area contributed by atoms with Crippen molar-refractivity contribution < 1.29 is 17.6 Å². The molecule has 2 aromatic rings. The highest BCUT2D eigenvalue weighted by Crippen LogP contribution is 2.39. The lowest BCUT2D eigenvalue weighted by Gasteiger charge is -2.32. The molecule has 0 aliphatic heterocycles. The quantitative estimate of drug-likeness (QED) is 0.281. The van der Waals surface area contributed by atoms with Gasteiger partial charge in [0.25, 0.3) is 0 Å². The molecule has 1 saturated carbocycles. The van der Waals surface area contributed by atoms with Gasteiger partial charge in [0.1, 0.15) is 5.82 Å². The van der Waals surface area contributed by atoms with Gasteiger partial charge in [-0.15, -0.1) is 0 Å². The Morgan fingerprint density at radius 1 is 0.828 bits per heavy atom. The third-order valence-electron chi connectivity index (χ3n) is 6.63. The van der Waals surface area contributed by atoms with Crippen molar-refractivity contribution in [2.24, 2.45) is 11.8 Å². The van der Waals surface area contributed by atoms with Crippen LogP contribution >= 0.6 is 0 Å². The number of hydrogen-bond donors (Lipinski definition) is 0. The molecule has 4 rings (SSSR count). The van der Waals surface area contributed by atoms with Gasteiger partial charge in [-0.25, -0.2) is 17.6 Å². The van der Waals surface area contributed by atoms with E-state index in [4.69, 9.17) is 0 Å². The molecule has 2 aliphatic rings. The van der Waals surface area contributed by atoms with Crippen LogP contribution in [0.4, 0.5) is 17.6 Å². The highest BCUT2D eigenvalue weighted by Gasteiger charge is 2.26. The van der Waals surface area contributed by atoms with E-state index in [2.05, 4.69) is 13.0 Å². The SMILES string of the molecule is CCCC1CCC(C2=CCc3cc(-c4cc(F)c(F)c(F)c4)c(F)cc3C2)CC1. The first-order chi connectivity index (χ1) is 14.0. The second-order valence-electron chi connectivity index (χ2n) is 8.52. The molecule has 4 heteroatoms. The van der Waals surface area contributed by atoms with Gasteiger partial charge >= 0.3 is 0 Å². The summed E-state index contributed by atoms with van der Waals surface area (Å²) in [4.78, 5) is 0. The third kappa shape index (κ3) is 4.12. The van der Waals surface area contributed by atoms with Crippen LogP contribution in [-0.4, -0.2) is 0 Å². The second kappa shape index (κ2) is 8.33. The van der Waals surface area contributed by atoms with Crippen molar-refractivity contribution in [2.75, 3.05) is 0 Å². The number of halogens is 4. The molecule has 29 heavy (non-hydrogen) atoms. The smallest absolute Gasteiger partial charge is 0.194 e. The zero-order valence-corrected chi connectivity index (χ0v) is 16.7. The summed E-state index contributed by atoms with van der Waals surface area (Å²) in [5.74, 6) is -3.24. The van der Waals surface area contributed by atoms with E-state index in [9.17, 15) is 17.6 Å². The largest absolute Gasteiger partial charge is 0.206 e. The van der Waals surface area contributed by atoms with E-state index in [1.807, 2.05) is 0 Å². The van der Waals surface area contributed by atoms with E-state index in [0.29, 0.717) is 12.3 Å². The van der Waals surface area contributed by atoms with Crippen LogP contribution in [0.5, 0.6) is 0 Å². The summed E-state index contributed by atoms with van der Waals surface area (Å²) in [6.45, 7) is 2.24. The van der Waals surface area contributed by atoms with Crippen LogP contribution in [0.3, 0.4) is 0 Å². The van der Waals surface area contributed by atoms with Crippen molar-refractivity contribution in [3.8, 4) is 11.1 Å². The number of fused-ring (bicyclic) bond motifs is 1. The summed E-state index contributed by atoms with van der Waals surface area (Å²) in [6.07, 6.45) is 11.2. The summed E-state index contributed by atoms with van der Waals surface area (Å²) in [5, 5.41) is 0. The van der Waals surface area contributed by atoms with E-state index in [1.54, 1.807) is 6.07 Å². The van der Waals surface area contributed by atoms with Gasteiger partial charge in [0, 0.05) is 5.56 Å². The summed E-state index contributed by atoms with van der Waals surface area (Å²) in [5.41, 5.74) is 3.44. The highest BCUT2D eigenvalue weighted by molar-refractivity contribution is 5.66. The van der Waals surface area contributed by atoms with E-state index in [0.717, 1.165) is 35.6 Å². The summed E-state index contributed by atoms with van der Waals surface area (Å²) >= 11 is 0. The van der Waals surface area contributed by atoms with E-state index < -0.39 is 23.3 Å². The Bertz CT molecular complexity index is 913. The average molecular weight is 402 g/mol. The van der Waals surface area contributed by atoms with E-state index in [-0.39, 0.29) is 11.1 Å². The van der Waals surface area contributed by atoms with Crippen LogP contribution in [0, 0.1) is 35.1 Å². The molecule has 0 amide bonds. The van der Waals surface area contributed by atoms with Gasteiger partial charge < -0.3 is 0 Å². The first-order valence-electron chi connectivity index (χ1n) is 10.6. The molecule has 0 heterocycles. The van der Waals surface area contributed by atoms with E-state index >= 15 is 0 Å². The molecule has 1 fully saturated rings. The zero-order chi connectivity index (χ0) is 20.5. The zero-order valence-electron chi connectivity index (χ0n) is 16.7. The fourth-order valence-corrected chi connectivity index (χ4v) is 5.02. The van der Waals surface area contributed by atoms with Gasteiger partial charge in [0.2, 0.25) is 0 Å². The Hall–Kier alpha value is -2.10. The van der Waals surface area contributed by atoms with Crippen LogP contribution in [0.2, 0.25) is 0 Å². The van der Waals surface area contributed by atoms with Crippen molar-refractivity contribution in [2.45, 2.75) is 58.3 Å². The minimum Gasteiger partial charge on any atom is -0.206 e. The number of allylic oxidation sites excluding steroid dienone is 2. The average Bonchev–Trinajstić information content (AvgIpc) is 2.71. The fourth-order valence-electron chi connectivity index (χ4n) is 5.02. The summed E-state index contributed by atoms with van der Waals surface area (Å²) in [7, 11) is 0. The molecule has 0 aromatic heterocycles. The minimum atomic E-state index is -1.53. The molecule has 0 saturated heterocycles. The number of rotatable bonds is 4. The first kappa shape index (κ1) is 20.2. The number of hydrogen-bond acceptors (Lipinski definition) is 0. The van der Waals surface area contributed by atoms with E-state index in [1.165, 1.54) is 50.2 Å². The Morgan fingerprint density at radius 3 is 2.17 bits per heavy atom. The van der Waals surface area contributed by atoms with Crippen molar-refractivity contribution in [3.63, 3.8) is 0 Å². The molecule has 0 unspecified atom stereocenters. The maximum Gasteiger partial charge on any atom is 0.194 e. The van der Waals surface area contributed by atoms with Crippen LogP contribution < -0.4 is 0 Å². The first-order valence-corrected chi connectivity index (χ1v) is 10.6. The Kier molecular flexibility index (Phi) is 5.80. The Labute approximate surface area is 169 Å². The minimum absolute atomic E-state index is 0.0192. The van der Waals surface area contributed by atoms with Crippen LogP contribution in [0.25, 0.3) is 11.1 Å². The van der Waals surface area contributed by atoms with Crippen LogP contribution in [0.1, 0.15) is 56.6 Å². The lowest BCUT2D eigenvalue weighted by Crippen LogP contribution is -2.19. The molecule has 0 radical (unpaired) electrons. The second-order valence-corrected chi connectivity index (χ2v) is 8.52. The lowest BCUT2D eigenvalue weighted by atomic mass is 9.74. The molecular weight excluding hydrogens is 376 g/mol. The molecule has 2 aliphatic carbocycles. The lowest BCUT2D eigenvalue weighted by molar-refractivity contribution is 0.283. The van der Waals surface area contributed by atoms with Crippen molar-refractivity contribution >= 4 is 0 Å². The van der Waals surface area contributed by atoms with Crippen molar-refractivity contribution in [1.29, 1.82) is 0 Å². The van der Waals surface area contributed by atoms with Gasteiger partial charge in [0.05, 0.1) is 0 Å². The third-order valence-corrected chi connectivity index (χ3v) is 6.63.